The van der Waals surface area contributed by atoms with Crippen LogP contribution in [0.5, 0.6) is 0 Å². The van der Waals surface area contributed by atoms with Crippen molar-refractivity contribution in [3.8, 4) is 0 Å². The van der Waals surface area contributed by atoms with E-state index in [0.717, 1.165) is 32.6 Å². The minimum Gasteiger partial charge on any atom is -0.391 e. The summed E-state index contributed by atoms with van der Waals surface area (Å²) in [5, 5.41) is 10.1. The van der Waals surface area contributed by atoms with E-state index in [9.17, 15) is 5.11 Å². The van der Waals surface area contributed by atoms with Crippen LogP contribution < -0.4 is 0 Å². The highest BCUT2D eigenvalue weighted by molar-refractivity contribution is 5.14. The maximum Gasteiger partial charge on any atom is 0.0695 e. The van der Waals surface area contributed by atoms with Crippen LogP contribution in [0.15, 0.2) is 30.3 Å². The van der Waals surface area contributed by atoms with Gasteiger partial charge in [-0.1, -0.05) is 30.3 Å². The highest BCUT2D eigenvalue weighted by Gasteiger charge is 2.35. The molecule has 0 aromatic heterocycles. The third-order valence-corrected chi connectivity index (χ3v) is 4.88. The number of aliphatic hydroxyl groups excluding tert-OH is 1. The standard InChI is InChI=1S/C17H26N2O/c1-14-12-18(13-15-6-3-2-4-7-15)10-11-19(14)16-8-5-9-17(16)20/h2-4,6-7,14,16-17,20H,5,8-13H2,1H3. The molecule has 0 bridgehead atoms. The molecule has 3 atom stereocenters. The minimum atomic E-state index is -0.0990. The van der Waals surface area contributed by atoms with Crippen LogP contribution in [0, 0.1) is 0 Å². The molecule has 3 nitrogen and oxygen atoms in total. The van der Waals surface area contributed by atoms with Gasteiger partial charge in [0.2, 0.25) is 0 Å². The molecule has 3 rings (SSSR count). The van der Waals surface area contributed by atoms with Crippen molar-refractivity contribution < 1.29 is 5.11 Å². The lowest BCUT2D eigenvalue weighted by Gasteiger charge is -2.44. The van der Waals surface area contributed by atoms with E-state index in [-0.39, 0.29) is 6.10 Å². The summed E-state index contributed by atoms with van der Waals surface area (Å²) in [6.45, 7) is 6.67. The summed E-state index contributed by atoms with van der Waals surface area (Å²) in [6, 6.07) is 11.7. The lowest BCUT2D eigenvalue weighted by atomic mass is 10.1. The van der Waals surface area contributed by atoms with Gasteiger partial charge >= 0.3 is 0 Å². The quantitative estimate of drug-likeness (QED) is 0.914. The summed E-state index contributed by atoms with van der Waals surface area (Å²) in [5.41, 5.74) is 1.40. The smallest absolute Gasteiger partial charge is 0.0695 e. The van der Waals surface area contributed by atoms with Crippen LogP contribution in [-0.2, 0) is 6.54 Å². The van der Waals surface area contributed by atoms with Crippen molar-refractivity contribution in [3.05, 3.63) is 35.9 Å². The molecular formula is C17H26N2O. The molecule has 0 spiro atoms. The van der Waals surface area contributed by atoms with E-state index in [4.69, 9.17) is 0 Å². The van der Waals surface area contributed by atoms with Crippen molar-refractivity contribution in [2.75, 3.05) is 19.6 Å². The molecule has 20 heavy (non-hydrogen) atoms. The van der Waals surface area contributed by atoms with Crippen molar-refractivity contribution in [1.82, 2.24) is 9.80 Å². The second kappa shape index (κ2) is 6.25. The number of nitrogens with zero attached hydrogens (tertiary/aromatic N) is 2. The summed E-state index contributed by atoms with van der Waals surface area (Å²) in [4.78, 5) is 5.08. The van der Waals surface area contributed by atoms with Gasteiger partial charge < -0.3 is 5.11 Å². The van der Waals surface area contributed by atoms with Crippen LogP contribution in [0.2, 0.25) is 0 Å². The molecule has 1 aromatic carbocycles. The molecule has 2 fully saturated rings. The fraction of sp³-hybridized carbons (Fsp3) is 0.647. The van der Waals surface area contributed by atoms with Gasteiger partial charge in [-0.25, -0.2) is 0 Å². The average Bonchev–Trinajstić information content (AvgIpc) is 2.86. The van der Waals surface area contributed by atoms with Crippen LogP contribution >= 0.6 is 0 Å². The molecule has 3 unspecified atom stereocenters. The molecule has 1 aliphatic carbocycles. The molecule has 0 amide bonds. The van der Waals surface area contributed by atoms with Gasteiger partial charge in [-0.05, 0) is 31.7 Å². The molecule has 1 saturated heterocycles. The molecule has 1 heterocycles. The summed E-state index contributed by atoms with van der Waals surface area (Å²) in [5.74, 6) is 0. The minimum absolute atomic E-state index is 0.0990. The van der Waals surface area contributed by atoms with Crippen molar-refractivity contribution in [1.29, 1.82) is 0 Å². The first-order valence-electron chi connectivity index (χ1n) is 7.94. The Labute approximate surface area is 122 Å². The highest BCUT2D eigenvalue weighted by Crippen LogP contribution is 2.27. The molecule has 0 radical (unpaired) electrons. The second-order valence-corrected chi connectivity index (χ2v) is 6.37. The maximum atomic E-state index is 10.1. The zero-order valence-corrected chi connectivity index (χ0v) is 12.4. The van der Waals surface area contributed by atoms with Gasteiger partial charge in [0.25, 0.3) is 0 Å². The van der Waals surface area contributed by atoms with Crippen LogP contribution in [0.1, 0.15) is 31.7 Å². The predicted molar refractivity (Wildman–Crippen MR) is 81.5 cm³/mol. The number of piperazine rings is 1. The van der Waals surface area contributed by atoms with Crippen LogP contribution in [0.25, 0.3) is 0 Å². The van der Waals surface area contributed by atoms with Gasteiger partial charge in [-0.3, -0.25) is 9.80 Å². The summed E-state index contributed by atoms with van der Waals surface area (Å²) < 4.78 is 0. The highest BCUT2D eigenvalue weighted by atomic mass is 16.3. The Morgan fingerprint density at radius 3 is 2.60 bits per heavy atom. The van der Waals surface area contributed by atoms with E-state index < -0.39 is 0 Å². The lowest BCUT2D eigenvalue weighted by molar-refractivity contribution is 0.00151. The lowest BCUT2D eigenvalue weighted by Crippen LogP contribution is -2.56. The normalized spacial score (nSPS) is 32.6. The van der Waals surface area contributed by atoms with Crippen LogP contribution in [0.3, 0.4) is 0 Å². The van der Waals surface area contributed by atoms with E-state index in [2.05, 4.69) is 47.1 Å². The molecule has 1 aromatic rings. The Bertz CT molecular complexity index is 422. The number of hydrogen-bond donors (Lipinski definition) is 1. The first-order chi connectivity index (χ1) is 9.74. The largest absolute Gasteiger partial charge is 0.391 e. The third-order valence-electron chi connectivity index (χ3n) is 4.88. The maximum absolute atomic E-state index is 10.1. The average molecular weight is 274 g/mol. The topological polar surface area (TPSA) is 26.7 Å². The van der Waals surface area contributed by atoms with Crippen molar-refractivity contribution in [3.63, 3.8) is 0 Å². The first kappa shape index (κ1) is 14.1. The van der Waals surface area contributed by atoms with E-state index in [0.29, 0.717) is 12.1 Å². The third kappa shape index (κ3) is 3.05. The summed E-state index contributed by atoms with van der Waals surface area (Å²) >= 11 is 0. The van der Waals surface area contributed by atoms with Gasteiger partial charge in [-0.15, -0.1) is 0 Å². The zero-order valence-electron chi connectivity index (χ0n) is 12.4. The Hall–Kier alpha value is -0.900. The van der Waals surface area contributed by atoms with Gasteiger partial charge in [-0.2, -0.15) is 0 Å². The molecule has 110 valence electrons. The fourth-order valence-electron chi connectivity index (χ4n) is 3.83. The fourth-order valence-corrected chi connectivity index (χ4v) is 3.83. The number of aliphatic hydroxyl groups is 1. The first-order valence-corrected chi connectivity index (χ1v) is 7.94. The van der Waals surface area contributed by atoms with E-state index >= 15 is 0 Å². The number of rotatable bonds is 3. The molecule has 1 saturated carbocycles. The van der Waals surface area contributed by atoms with Crippen molar-refractivity contribution in [2.24, 2.45) is 0 Å². The predicted octanol–water partition coefficient (Wildman–Crippen LogP) is 2.11. The van der Waals surface area contributed by atoms with Gasteiger partial charge in [0.1, 0.15) is 0 Å². The van der Waals surface area contributed by atoms with Gasteiger partial charge in [0.05, 0.1) is 6.10 Å². The Morgan fingerprint density at radius 1 is 1.15 bits per heavy atom. The second-order valence-electron chi connectivity index (χ2n) is 6.37. The molecule has 2 aliphatic rings. The van der Waals surface area contributed by atoms with Crippen molar-refractivity contribution >= 4 is 0 Å². The summed E-state index contributed by atoms with van der Waals surface area (Å²) in [7, 11) is 0. The monoisotopic (exact) mass is 274 g/mol. The zero-order chi connectivity index (χ0) is 13.9. The van der Waals surface area contributed by atoms with Crippen molar-refractivity contribution in [2.45, 2.75) is 50.9 Å². The SMILES string of the molecule is CC1CN(Cc2ccccc2)CCN1C1CCCC1O. The molecule has 1 aliphatic heterocycles. The van der Waals surface area contributed by atoms with Crippen LogP contribution in [-0.4, -0.2) is 52.7 Å². The molecule has 1 N–H and O–H groups in total. The Kier molecular flexibility index (Phi) is 4.39. The van der Waals surface area contributed by atoms with Crippen LogP contribution in [0.4, 0.5) is 0 Å². The summed E-state index contributed by atoms with van der Waals surface area (Å²) in [6.07, 6.45) is 3.24. The Morgan fingerprint density at radius 2 is 1.95 bits per heavy atom. The molecule has 3 heteroatoms. The molecular weight excluding hydrogens is 248 g/mol. The van der Waals surface area contributed by atoms with Gasteiger partial charge in [0.15, 0.2) is 0 Å². The van der Waals surface area contributed by atoms with E-state index in [1.807, 2.05) is 0 Å². The Balaban J connectivity index is 1.56. The number of benzene rings is 1. The van der Waals surface area contributed by atoms with E-state index in [1.165, 1.54) is 18.4 Å². The number of hydrogen-bond acceptors (Lipinski definition) is 3. The van der Waals surface area contributed by atoms with Gasteiger partial charge in [0, 0.05) is 38.3 Å². The van der Waals surface area contributed by atoms with E-state index in [1.54, 1.807) is 0 Å².